The van der Waals surface area contributed by atoms with E-state index in [1.807, 2.05) is 6.07 Å². The highest BCUT2D eigenvalue weighted by Crippen LogP contribution is 2.18. The molecule has 1 unspecified atom stereocenters. The molecule has 0 bridgehead atoms. The number of benzene rings is 1. The number of hydrogen-bond donors (Lipinski definition) is 2. The van der Waals surface area contributed by atoms with Crippen LogP contribution in [0.3, 0.4) is 0 Å². The summed E-state index contributed by atoms with van der Waals surface area (Å²) in [6.45, 7) is 0.986. The Morgan fingerprint density at radius 3 is 2.94 bits per heavy atom. The van der Waals surface area contributed by atoms with Crippen molar-refractivity contribution in [1.29, 1.82) is 0 Å². The quantitative estimate of drug-likeness (QED) is 0.759. The molecule has 1 aromatic rings. The molecule has 0 aromatic heterocycles. The number of nitrogens with two attached hydrogens (primary N) is 1. The Morgan fingerprint density at radius 1 is 1.62 bits per heavy atom. The van der Waals surface area contributed by atoms with Gasteiger partial charge < -0.3 is 10.5 Å². The van der Waals surface area contributed by atoms with Crippen LogP contribution in [0.2, 0.25) is 5.02 Å². The molecule has 0 aliphatic rings. The van der Waals surface area contributed by atoms with Crippen molar-refractivity contribution < 1.29 is 9.53 Å². The van der Waals surface area contributed by atoms with Gasteiger partial charge in [0.1, 0.15) is 6.04 Å². The summed E-state index contributed by atoms with van der Waals surface area (Å²) in [4.78, 5) is 11.6. The fourth-order valence-corrected chi connectivity index (χ4v) is 1.57. The van der Waals surface area contributed by atoms with Crippen molar-refractivity contribution >= 4 is 17.6 Å². The molecule has 0 spiro atoms. The molecule has 0 aliphatic heterocycles. The number of rotatable bonds is 5. The van der Waals surface area contributed by atoms with Crippen molar-refractivity contribution in [2.45, 2.75) is 6.04 Å². The second-order valence-electron chi connectivity index (χ2n) is 3.25. The van der Waals surface area contributed by atoms with Crippen LogP contribution in [0.25, 0.3) is 0 Å². The van der Waals surface area contributed by atoms with Gasteiger partial charge in [0.25, 0.3) is 0 Å². The Balaban J connectivity index is 2.87. The predicted octanol–water partition coefficient (Wildman–Crippen LogP) is 1.10. The maximum atomic E-state index is 11.6. The molecular weight excluding hydrogens is 228 g/mol. The third-order valence-corrected chi connectivity index (χ3v) is 2.35. The van der Waals surface area contributed by atoms with Crippen LogP contribution in [0.1, 0.15) is 11.6 Å². The predicted molar refractivity (Wildman–Crippen MR) is 63.3 cm³/mol. The normalized spacial score (nSPS) is 12.2. The molecule has 1 aromatic carbocycles. The lowest BCUT2D eigenvalue weighted by atomic mass is 10.1. The number of carbonyl (C=O) groups is 1. The largest absolute Gasteiger partial charge is 0.468 e. The zero-order valence-electron chi connectivity index (χ0n) is 9.07. The van der Waals surface area contributed by atoms with Crippen LogP contribution in [0.5, 0.6) is 0 Å². The van der Waals surface area contributed by atoms with Crippen LogP contribution in [-0.4, -0.2) is 26.2 Å². The molecule has 4 nitrogen and oxygen atoms in total. The second-order valence-corrected chi connectivity index (χ2v) is 3.69. The standard InChI is InChI=1S/C11H15ClN2O2/c1-16-11(15)10(14-6-5-13)8-3-2-4-9(12)7-8/h2-4,7,10,14H,5-6,13H2,1H3. The molecule has 1 atom stereocenters. The maximum Gasteiger partial charge on any atom is 0.327 e. The fourth-order valence-electron chi connectivity index (χ4n) is 1.37. The van der Waals surface area contributed by atoms with E-state index in [4.69, 9.17) is 22.1 Å². The molecule has 0 saturated carbocycles. The topological polar surface area (TPSA) is 64.3 Å². The van der Waals surface area contributed by atoms with Gasteiger partial charge >= 0.3 is 5.97 Å². The van der Waals surface area contributed by atoms with Crippen molar-refractivity contribution in [3.05, 3.63) is 34.9 Å². The average molecular weight is 243 g/mol. The van der Waals surface area contributed by atoms with Crippen molar-refractivity contribution in [3.63, 3.8) is 0 Å². The first-order valence-electron chi connectivity index (χ1n) is 4.95. The van der Waals surface area contributed by atoms with E-state index >= 15 is 0 Å². The maximum absolute atomic E-state index is 11.6. The van der Waals surface area contributed by atoms with Gasteiger partial charge in [-0.3, -0.25) is 5.32 Å². The van der Waals surface area contributed by atoms with Gasteiger partial charge in [-0.25, -0.2) is 4.79 Å². The van der Waals surface area contributed by atoms with E-state index in [2.05, 4.69) is 5.32 Å². The molecule has 0 aliphatic carbocycles. The van der Waals surface area contributed by atoms with Crippen LogP contribution in [0.4, 0.5) is 0 Å². The van der Waals surface area contributed by atoms with Gasteiger partial charge in [-0.1, -0.05) is 23.7 Å². The van der Waals surface area contributed by atoms with E-state index in [1.165, 1.54) is 7.11 Å². The van der Waals surface area contributed by atoms with Crippen LogP contribution in [0.15, 0.2) is 24.3 Å². The molecule has 0 radical (unpaired) electrons. The number of ether oxygens (including phenoxy) is 1. The minimum absolute atomic E-state index is 0.351. The number of nitrogens with one attached hydrogen (secondary N) is 1. The first-order chi connectivity index (χ1) is 7.69. The lowest BCUT2D eigenvalue weighted by Gasteiger charge is -2.16. The Hall–Kier alpha value is -1.10. The number of halogens is 1. The van der Waals surface area contributed by atoms with E-state index in [0.29, 0.717) is 18.1 Å². The lowest BCUT2D eigenvalue weighted by Crippen LogP contribution is -2.33. The summed E-state index contributed by atoms with van der Waals surface area (Å²) in [5.74, 6) is -0.351. The van der Waals surface area contributed by atoms with Gasteiger partial charge in [0.2, 0.25) is 0 Å². The van der Waals surface area contributed by atoms with Crippen molar-refractivity contribution in [2.75, 3.05) is 20.2 Å². The number of carbonyl (C=O) groups excluding carboxylic acids is 1. The second kappa shape index (κ2) is 6.48. The highest BCUT2D eigenvalue weighted by atomic mass is 35.5. The van der Waals surface area contributed by atoms with Crippen LogP contribution >= 0.6 is 11.6 Å². The van der Waals surface area contributed by atoms with Gasteiger partial charge in [-0.05, 0) is 17.7 Å². The van der Waals surface area contributed by atoms with Crippen LogP contribution < -0.4 is 11.1 Å². The molecule has 3 N–H and O–H groups in total. The summed E-state index contributed by atoms with van der Waals surface area (Å²) in [5.41, 5.74) is 6.16. The van der Waals surface area contributed by atoms with E-state index in [1.54, 1.807) is 18.2 Å². The summed E-state index contributed by atoms with van der Waals surface area (Å²) in [6, 6.07) is 6.57. The molecule has 1 rings (SSSR count). The van der Waals surface area contributed by atoms with Gasteiger partial charge in [0.15, 0.2) is 0 Å². The van der Waals surface area contributed by atoms with E-state index in [0.717, 1.165) is 5.56 Å². The Morgan fingerprint density at radius 2 is 2.38 bits per heavy atom. The Bertz CT molecular complexity index is 358. The van der Waals surface area contributed by atoms with Crippen molar-refractivity contribution in [2.24, 2.45) is 5.73 Å². The van der Waals surface area contributed by atoms with Crippen molar-refractivity contribution in [1.82, 2.24) is 5.32 Å². The Kier molecular flexibility index (Phi) is 5.25. The van der Waals surface area contributed by atoms with E-state index in [9.17, 15) is 4.79 Å². The highest BCUT2D eigenvalue weighted by molar-refractivity contribution is 6.30. The molecular formula is C11H15ClN2O2. The highest BCUT2D eigenvalue weighted by Gasteiger charge is 2.20. The van der Waals surface area contributed by atoms with Crippen LogP contribution in [-0.2, 0) is 9.53 Å². The van der Waals surface area contributed by atoms with Crippen molar-refractivity contribution in [3.8, 4) is 0 Å². The number of methoxy groups -OCH3 is 1. The fraction of sp³-hybridized carbons (Fsp3) is 0.364. The number of esters is 1. The zero-order chi connectivity index (χ0) is 12.0. The van der Waals surface area contributed by atoms with Gasteiger partial charge in [0.05, 0.1) is 7.11 Å². The summed E-state index contributed by atoms with van der Waals surface area (Å²) in [7, 11) is 1.35. The molecule has 0 fully saturated rings. The molecule has 5 heteroatoms. The summed E-state index contributed by atoms with van der Waals surface area (Å²) in [5, 5.41) is 3.59. The average Bonchev–Trinajstić information content (AvgIpc) is 2.29. The third kappa shape index (κ3) is 3.48. The SMILES string of the molecule is COC(=O)C(NCCN)c1cccc(Cl)c1. The molecule has 0 saturated heterocycles. The minimum Gasteiger partial charge on any atom is -0.468 e. The van der Waals surface area contributed by atoms with Crippen LogP contribution in [0, 0.1) is 0 Å². The molecule has 0 heterocycles. The van der Waals surface area contributed by atoms with Gasteiger partial charge in [0, 0.05) is 18.1 Å². The number of hydrogen-bond acceptors (Lipinski definition) is 4. The van der Waals surface area contributed by atoms with Gasteiger partial charge in [-0.2, -0.15) is 0 Å². The minimum atomic E-state index is -0.521. The monoisotopic (exact) mass is 242 g/mol. The first-order valence-corrected chi connectivity index (χ1v) is 5.33. The lowest BCUT2D eigenvalue weighted by molar-refractivity contribution is -0.143. The summed E-state index contributed by atoms with van der Waals surface area (Å²) >= 11 is 5.87. The van der Waals surface area contributed by atoms with E-state index in [-0.39, 0.29) is 5.97 Å². The first kappa shape index (κ1) is 13.0. The van der Waals surface area contributed by atoms with E-state index < -0.39 is 6.04 Å². The Labute approximate surface area is 99.7 Å². The summed E-state index contributed by atoms with van der Waals surface area (Å²) < 4.78 is 4.72. The molecule has 0 amide bonds. The zero-order valence-corrected chi connectivity index (χ0v) is 9.83. The molecule has 88 valence electrons. The van der Waals surface area contributed by atoms with Gasteiger partial charge in [-0.15, -0.1) is 0 Å². The molecule has 16 heavy (non-hydrogen) atoms. The smallest absolute Gasteiger partial charge is 0.327 e. The summed E-state index contributed by atoms with van der Waals surface area (Å²) in [6.07, 6.45) is 0. The third-order valence-electron chi connectivity index (χ3n) is 2.11.